The summed E-state index contributed by atoms with van der Waals surface area (Å²) >= 11 is 0. The molecular formula is C22H24B8N4O. The smallest absolute Gasteiger partial charge is 0.147 e. The van der Waals surface area contributed by atoms with Crippen LogP contribution in [0.5, 0.6) is 0 Å². The van der Waals surface area contributed by atoms with Gasteiger partial charge in [0.05, 0.1) is 86.2 Å². The molecular weight excluding hydrogens is 423 g/mol. The van der Waals surface area contributed by atoms with E-state index >= 15 is 0 Å². The van der Waals surface area contributed by atoms with Crippen molar-refractivity contribution in [3.05, 3.63) is 22.4 Å². The third-order valence-electron chi connectivity index (χ3n) is 7.88. The minimum atomic E-state index is -2.14. The van der Waals surface area contributed by atoms with Crippen molar-refractivity contribution >= 4 is 68.6 Å². The molecule has 1 atom stereocenters. The summed E-state index contributed by atoms with van der Waals surface area (Å²) in [5, 5.41) is 3.94. The first kappa shape index (κ1) is 26.9. The van der Waals surface area contributed by atoms with E-state index in [0.29, 0.717) is 43.4 Å². The lowest BCUT2D eigenvalue weighted by Gasteiger charge is -2.69. The number of nitriles is 1. The first-order valence-corrected chi connectivity index (χ1v) is 11.8. The average molecular weight is 447 g/mol. The van der Waals surface area contributed by atoms with Crippen molar-refractivity contribution in [2.75, 3.05) is 31.6 Å². The van der Waals surface area contributed by atoms with Crippen LogP contribution in [-0.2, 0) is 17.8 Å². The molecule has 1 saturated heterocycles. The van der Waals surface area contributed by atoms with E-state index in [-0.39, 0.29) is 6.54 Å². The molecule has 0 spiro atoms. The van der Waals surface area contributed by atoms with Gasteiger partial charge in [0.15, 0.2) is 0 Å². The number of piperazine rings is 1. The third-order valence-corrected chi connectivity index (χ3v) is 7.88. The second-order valence-electron chi connectivity index (χ2n) is 11.2. The van der Waals surface area contributed by atoms with E-state index in [0.717, 1.165) is 29.7 Å². The molecule has 162 valence electrons. The summed E-state index contributed by atoms with van der Waals surface area (Å²) in [5.74, 6) is 0.878. The Morgan fingerprint density at radius 3 is 2.14 bits per heavy atom. The molecule has 2 fully saturated rings. The van der Waals surface area contributed by atoms with Gasteiger partial charge in [-0.15, -0.1) is 10.2 Å². The summed E-state index contributed by atoms with van der Waals surface area (Å²) in [4.78, 5) is 8.66. The van der Waals surface area contributed by atoms with Crippen LogP contribution in [0.2, 0.25) is 15.5 Å². The zero-order chi connectivity index (χ0) is 26.2. The molecule has 35 heavy (non-hydrogen) atoms. The summed E-state index contributed by atoms with van der Waals surface area (Å²) in [6.45, 7) is 5.42. The molecule has 3 aliphatic rings. The van der Waals surface area contributed by atoms with Crippen LogP contribution in [0, 0.1) is 11.3 Å². The van der Waals surface area contributed by atoms with Crippen molar-refractivity contribution < 1.29 is 4.74 Å². The SMILES string of the molecule is [B]C([B])([B])C([B])(C([B])([B])[B])C1([B])CN(c2nc(C3CC3)c3c(c2C#N)CC(C)(C)OC3)CCN1C. The second-order valence-corrected chi connectivity index (χ2v) is 11.2. The number of pyridine rings is 1. The van der Waals surface area contributed by atoms with E-state index < -0.39 is 26.6 Å². The molecule has 16 radical (unpaired) electrons. The standard InChI is InChI=1S/C22H24B8N4O/c1-18(2)8-13-14(9-31)17(32-16(12-4-5-12)15(13)10-35-18)34-7-6-33(3)19(23,11-34)20(24,21(25,26)27)22(28,29)30/h12H,4-8,10-11H2,1-3H3. The van der Waals surface area contributed by atoms with Gasteiger partial charge < -0.3 is 14.5 Å². The van der Waals surface area contributed by atoms with Crippen LogP contribution < -0.4 is 4.90 Å². The molecule has 0 aromatic carbocycles. The van der Waals surface area contributed by atoms with Gasteiger partial charge in [0.1, 0.15) is 11.9 Å². The maximum absolute atomic E-state index is 10.3. The highest BCUT2D eigenvalue weighted by Crippen LogP contribution is 2.63. The molecule has 0 bridgehead atoms. The van der Waals surface area contributed by atoms with Crippen LogP contribution in [0.1, 0.15) is 55.0 Å². The third kappa shape index (κ3) is 4.25. The topological polar surface area (TPSA) is 52.4 Å². The number of likely N-dealkylation sites (N-methyl/N-ethyl adjacent to an activating group) is 1. The number of nitrogens with zero attached hydrogens (tertiary/aromatic N) is 4. The summed E-state index contributed by atoms with van der Waals surface area (Å²) in [7, 11) is 51.9. The van der Waals surface area contributed by atoms with Crippen molar-refractivity contribution in [1.82, 2.24) is 9.88 Å². The average Bonchev–Trinajstić information content (AvgIpc) is 3.56. The maximum atomic E-state index is 10.3. The normalized spacial score (nSPS) is 25.6. The van der Waals surface area contributed by atoms with Gasteiger partial charge in [0, 0.05) is 37.5 Å². The molecule has 13 heteroatoms. The van der Waals surface area contributed by atoms with Crippen molar-refractivity contribution in [1.29, 1.82) is 5.26 Å². The Kier molecular flexibility index (Phi) is 6.50. The van der Waals surface area contributed by atoms with E-state index in [1.165, 1.54) is 0 Å². The maximum Gasteiger partial charge on any atom is 0.147 e. The summed E-state index contributed by atoms with van der Waals surface area (Å²) in [6.07, 6.45) is 2.70. The minimum absolute atomic E-state index is 0.0329. The fourth-order valence-corrected chi connectivity index (χ4v) is 5.51. The van der Waals surface area contributed by atoms with Gasteiger partial charge in [-0.25, -0.2) is 4.98 Å². The number of anilines is 1. The molecule has 1 saturated carbocycles. The first-order valence-electron chi connectivity index (χ1n) is 11.8. The van der Waals surface area contributed by atoms with Crippen molar-refractivity contribution in [3.8, 4) is 6.07 Å². The lowest BCUT2D eigenvalue weighted by atomic mass is 9.11. The number of hydrogen-bond acceptors (Lipinski definition) is 5. The number of aromatic nitrogens is 1. The predicted octanol–water partition coefficient (Wildman–Crippen LogP) is -0.216. The van der Waals surface area contributed by atoms with E-state index in [9.17, 15) is 5.26 Å². The summed E-state index contributed by atoms with van der Waals surface area (Å²) in [5.41, 5.74) is 1.47. The van der Waals surface area contributed by atoms with E-state index in [1.807, 2.05) is 18.7 Å². The number of rotatable bonds is 5. The molecule has 1 unspecified atom stereocenters. The number of fused-ring (bicyclic) bond motifs is 1. The molecule has 4 rings (SSSR count). The van der Waals surface area contributed by atoms with E-state index in [4.69, 9.17) is 72.5 Å². The molecule has 1 aromatic heterocycles. The fourth-order valence-electron chi connectivity index (χ4n) is 5.51. The zero-order valence-electron chi connectivity index (χ0n) is 20.8. The van der Waals surface area contributed by atoms with Crippen molar-refractivity contribution in [2.45, 2.75) is 72.2 Å². The molecule has 2 aliphatic heterocycles. The Bertz CT molecular complexity index is 1050. The molecule has 1 aromatic rings. The molecule has 3 heterocycles. The zero-order valence-corrected chi connectivity index (χ0v) is 20.8. The summed E-state index contributed by atoms with van der Waals surface area (Å²) in [6, 6.07) is 2.39. The lowest BCUT2D eigenvalue weighted by Crippen LogP contribution is -2.72. The monoisotopic (exact) mass is 448 g/mol. The Hall–Kier alpha value is -1.12. The molecule has 0 N–H and O–H groups in total. The van der Waals surface area contributed by atoms with Gasteiger partial charge in [-0.1, -0.05) is 5.31 Å². The van der Waals surface area contributed by atoms with E-state index in [1.54, 1.807) is 11.9 Å². The van der Waals surface area contributed by atoms with Crippen LogP contribution in [-0.4, -0.2) is 110 Å². The highest BCUT2D eigenvalue weighted by molar-refractivity contribution is 6.70. The van der Waals surface area contributed by atoms with Gasteiger partial charge in [0.25, 0.3) is 0 Å². The largest absolute Gasteiger partial charge is 0.370 e. The minimum Gasteiger partial charge on any atom is -0.370 e. The Morgan fingerprint density at radius 2 is 1.63 bits per heavy atom. The van der Waals surface area contributed by atoms with Crippen LogP contribution >= 0.6 is 0 Å². The Labute approximate surface area is 220 Å². The van der Waals surface area contributed by atoms with E-state index in [2.05, 4.69) is 6.07 Å². The second kappa shape index (κ2) is 8.45. The van der Waals surface area contributed by atoms with Crippen LogP contribution in [0.15, 0.2) is 0 Å². The Morgan fingerprint density at radius 1 is 1.03 bits per heavy atom. The molecule has 1 aliphatic carbocycles. The number of ether oxygens (including phenoxy) is 1. The van der Waals surface area contributed by atoms with Crippen molar-refractivity contribution in [2.24, 2.45) is 0 Å². The van der Waals surface area contributed by atoms with Gasteiger partial charge >= 0.3 is 0 Å². The molecule has 0 amide bonds. The fraction of sp³-hybridized carbons (Fsp3) is 0.727. The highest BCUT2D eigenvalue weighted by atomic mass is 16.5. The quantitative estimate of drug-likeness (QED) is 0.586. The van der Waals surface area contributed by atoms with Crippen LogP contribution in [0.25, 0.3) is 0 Å². The lowest BCUT2D eigenvalue weighted by molar-refractivity contribution is -0.0407. The van der Waals surface area contributed by atoms with Gasteiger partial charge in [-0.2, -0.15) is 5.26 Å². The van der Waals surface area contributed by atoms with Crippen LogP contribution in [0.4, 0.5) is 5.82 Å². The van der Waals surface area contributed by atoms with Gasteiger partial charge in [-0.05, 0) is 44.7 Å². The van der Waals surface area contributed by atoms with Gasteiger partial charge in [-0.3, -0.25) is 0 Å². The number of hydrogen-bond donors (Lipinski definition) is 0. The highest BCUT2D eigenvalue weighted by Gasteiger charge is 2.57. The first-order chi connectivity index (χ1) is 16.0. The molecule has 5 nitrogen and oxygen atoms in total. The predicted molar refractivity (Wildman–Crippen MR) is 145 cm³/mol. The summed E-state index contributed by atoms with van der Waals surface area (Å²) < 4.78 is 6.07. The van der Waals surface area contributed by atoms with Crippen molar-refractivity contribution in [3.63, 3.8) is 0 Å². The Balaban J connectivity index is 1.86. The van der Waals surface area contributed by atoms with Crippen LogP contribution in [0.3, 0.4) is 0 Å². The van der Waals surface area contributed by atoms with Gasteiger partial charge in [0.2, 0.25) is 0 Å².